The molecule has 0 aromatic carbocycles. The molecule has 0 aromatic heterocycles. The van der Waals surface area contributed by atoms with Gasteiger partial charge in [-0.25, -0.2) is 0 Å². The van der Waals surface area contributed by atoms with E-state index in [0.29, 0.717) is 25.6 Å². The molecule has 1 aliphatic heterocycles. The van der Waals surface area contributed by atoms with Crippen LogP contribution >= 0.6 is 0 Å². The van der Waals surface area contributed by atoms with E-state index in [1.807, 2.05) is 16.7 Å². The number of carboxylic acids is 1. The van der Waals surface area contributed by atoms with Crippen molar-refractivity contribution in [2.24, 2.45) is 5.92 Å². The molecule has 114 valence electrons. The number of hydrogen-bond donors (Lipinski definition) is 1. The van der Waals surface area contributed by atoms with Crippen LogP contribution in [0.2, 0.25) is 0 Å². The van der Waals surface area contributed by atoms with Crippen LogP contribution in [0.5, 0.6) is 0 Å². The standard InChI is InChI=1S/C15H26N2O3/c1-2-17(13-6-4-3-5-7-13)14(18)11-16-9-8-12(10-16)15(19)20/h12-13H,2-11H2,1H3,(H,19,20)/t12-/m1/s1. The lowest BCUT2D eigenvalue weighted by Gasteiger charge is -2.34. The molecule has 0 bridgehead atoms. The first-order valence-corrected chi connectivity index (χ1v) is 7.86. The molecule has 5 heteroatoms. The lowest BCUT2D eigenvalue weighted by atomic mass is 9.94. The van der Waals surface area contributed by atoms with Crippen LogP contribution in [0.1, 0.15) is 45.4 Å². The lowest BCUT2D eigenvalue weighted by Crippen LogP contribution is -2.46. The van der Waals surface area contributed by atoms with Gasteiger partial charge in [0.25, 0.3) is 0 Å². The van der Waals surface area contributed by atoms with Gasteiger partial charge in [0.1, 0.15) is 0 Å². The summed E-state index contributed by atoms with van der Waals surface area (Å²) >= 11 is 0. The molecule has 5 nitrogen and oxygen atoms in total. The number of carbonyl (C=O) groups excluding carboxylic acids is 1. The number of amides is 1. The molecule has 2 fully saturated rings. The molecule has 2 aliphatic rings. The van der Waals surface area contributed by atoms with Crippen LogP contribution in [0.15, 0.2) is 0 Å². The molecule has 1 saturated heterocycles. The zero-order valence-electron chi connectivity index (χ0n) is 12.4. The number of aliphatic carboxylic acids is 1. The van der Waals surface area contributed by atoms with E-state index in [4.69, 9.17) is 5.11 Å². The van der Waals surface area contributed by atoms with E-state index in [2.05, 4.69) is 0 Å². The van der Waals surface area contributed by atoms with Crippen molar-refractivity contribution >= 4 is 11.9 Å². The molecule has 1 N–H and O–H groups in total. The maximum atomic E-state index is 12.4. The molecule has 0 aromatic rings. The Morgan fingerprint density at radius 1 is 1.20 bits per heavy atom. The minimum absolute atomic E-state index is 0.172. The van der Waals surface area contributed by atoms with Crippen LogP contribution in [0, 0.1) is 5.92 Å². The normalized spacial score (nSPS) is 24.8. The highest BCUT2D eigenvalue weighted by Crippen LogP contribution is 2.23. The highest BCUT2D eigenvalue weighted by atomic mass is 16.4. The number of carboxylic acid groups (broad SMARTS) is 1. The van der Waals surface area contributed by atoms with Crippen molar-refractivity contribution < 1.29 is 14.7 Å². The second-order valence-corrected chi connectivity index (χ2v) is 6.03. The van der Waals surface area contributed by atoms with Crippen LogP contribution in [0.4, 0.5) is 0 Å². The SMILES string of the molecule is CCN(C(=O)CN1CC[C@@H](C(=O)O)C1)C1CCCCC1. The Morgan fingerprint density at radius 3 is 2.45 bits per heavy atom. The number of rotatable bonds is 5. The van der Waals surface area contributed by atoms with Gasteiger partial charge in [-0.2, -0.15) is 0 Å². The third-order valence-corrected chi connectivity index (χ3v) is 4.66. The molecule has 0 spiro atoms. The Balaban J connectivity index is 1.85. The zero-order chi connectivity index (χ0) is 14.5. The average Bonchev–Trinajstić information content (AvgIpc) is 2.89. The average molecular weight is 282 g/mol. The third kappa shape index (κ3) is 3.72. The fourth-order valence-corrected chi connectivity index (χ4v) is 3.49. The summed E-state index contributed by atoms with van der Waals surface area (Å²) in [6.07, 6.45) is 6.64. The van der Waals surface area contributed by atoms with Gasteiger partial charge in [-0.1, -0.05) is 19.3 Å². The van der Waals surface area contributed by atoms with Gasteiger partial charge in [0.15, 0.2) is 0 Å². The third-order valence-electron chi connectivity index (χ3n) is 4.66. The van der Waals surface area contributed by atoms with Crippen molar-refractivity contribution in [2.75, 3.05) is 26.2 Å². The fourth-order valence-electron chi connectivity index (χ4n) is 3.49. The summed E-state index contributed by atoms with van der Waals surface area (Å²) < 4.78 is 0. The van der Waals surface area contributed by atoms with Gasteiger partial charge in [-0.15, -0.1) is 0 Å². The Morgan fingerprint density at radius 2 is 1.90 bits per heavy atom. The summed E-state index contributed by atoms with van der Waals surface area (Å²) in [5.41, 5.74) is 0. The molecule has 1 saturated carbocycles. The van der Waals surface area contributed by atoms with Crippen LogP contribution in [-0.2, 0) is 9.59 Å². The van der Waals surface area contributed by atoms with Crippen LogP contribution in [0.3, 0.4) is 0 Å². The van der Waals surface area contributed by atoms with Gasteiger partial charge < -0.3 is 10.0 Å². The van der Waals surface area contributed by atoms with Crippen molar-refractivity contribution in [3.8, 4) is 0 Å². The number of nitrogens with zero attached hydrogens (tertiary/aromatic N) is 2. The van der Waals surface area contributed by atoms with E-state index in [1.165, 1.54) is 19.3 Å². The van der Waals surface area contributed by atoms with Crippen molar-refractivity contribution in [1.29, 1.82) is 0 Å². The van der Waals surface area contributed by atoms with E-state index in [9.17, 15) is 9.59 Å². The maximum absolute atomic E-state index is 12.4. The quantitative estimate of drug-likeness (QED) is 0.831. The first kappa shape index (κ1) is 15.3. The van der Waals surface area contributed by atoms with Gasteiger partial charge >= 0.3 is 5.97 Å². The number of carbonyl (C=O) groups is 2. The van der Waals surface area contributed by atoms with Crippen LogP contribution < -0.4 is 0 Å². The van der Waals surface area contributed by atoms with Crippen molar-refractivity contribution in [3.63, 3.8) is 0 Å². The number of likely N-dealkylation sites (N-methyl/N-ethyl adjacent to an activating group) is 1. The van der Waals surface area contributed by atoms with E-state index >= 15 is 0 Å². The lowest BCUT2D eigenvalue weighted by molar-refractivity contribution is -0.142. The van der Waals surface area contributed by atoms with Gasteiger partial charge in [-0.05, 0) is 32.7 Å². The zero-order valence-corrected chi connectivity index (χ0v) is 12.4. The topological polar surface area (TPSA) is 60.9 Å². The first-order valence-electron chi connectivity index (χ1n) is 7.86. The Labute approximate surface area is 120 Å². The second kappa shape index (κ2) is 7.07. The summed E-state index contributed by atoms with van der Waals surface area (Å²) in [6.45, 7) is 4.43. The van der Waals surface area contributed by atoms with Crippen LogP contribution in [0.25, 0.3) is 0 Å². The van der Waals surface area contributed by atoms with Gasteiger partial charge in [0.2, 0.25) is 5.91 Å². The Hall–Kier alpha value is -1.10. The predicted molar refractivity (Wildman–Crippen MR) is 76.4 cm³/mol. The summed E-state index contributed by atoms with van der Waals surface area (Å²) in [4.78, 5) is 27.4. The summed E-state index contributed by atoms with van der Waals surface area (Å²) in [5, 5.41) is 9.00. The summed E-state index contributed by atoms with van der Waals surface area (Å²) in [5.74, 6) is -0.863. The Kier molecular flexibility index (Phi) is 5.40. The molecule has 1 atom stereocenters. The van der Waals surface area contributed by atoms with E-state index < -0.39 is 5.97 Å². The fraction of sp³-hybridized carbons (Fsp3) is 0.867. The molecule has 1 heterocycles. The highest BCUT2D eigenvalue weighted by Gasteiger charge is 2.31. The molecule has 0 unspecified atom stereocenters. The van der Waals surface area contributed by atoms with E-state index in [-0.39, 0.29) is 11.8 Å². The molecule has 20 heavy (non-hydrogen) atoms. The summed E-state index contributed by atoms with van der Waals surface area (Å²) in [6, 6.07) is 0.402. The predicted octanol–water partition coefficient (Wildman–Crippen LogP) is 1.57. The smallest absolute Gasteiger partial charge is 0.307 e. The molecule has 1 aliphatic carbocycles. The molecule has 2 rings (SSSR count). The van der Waals surface area contributed by atoms with Crippen molar-refractivity contribution in [1.82, 2.24) is 9.80 Å². The van der Waals surface area contributed by atoms with Gasteiger partial charge in [0.05, 0.1) is 12.5 Å². The molecular formula is C15H26N2O3. The maximum Gasteiger partial charge on any atom is 0.307 e. The molecule has 0 radical (unpaired) electrons. The van der Waals surface area contributed by atoms with E-state index in [1.54, 1.807) is 0 Å². The highest BCUT2D eigenvalue weighted by molar-refractivity contribution is 5.79. The van der Waals surface area contributed by atoms with Crippen molar-refractivity contribution in [2.45, 2.75) is 51.5 Å². The molecule has 1 amide bonds. The van der Waals surface area contributed by atoms with Gasteiger partial charge in [0, 0.05) is 19.1 Å². The minimum Gasteiger partial charge on any atom is -0.481 e. The van der Waals surface area contributed by atoms with Crippen LogP contribution in [-0.4, -0.2) is 59.0 Å². The molecular weight excluding hydrogens is 256 g/mol. The van der Waals surface area contributed by atoms with Gasteiger partial charge in [-0.3, -0.25) is 14.5 Å². The summed E-state index contributed by atoms with van der Waals surface area (Å²) in [7, 11) is 0. The van der Waals surface area contributed by atoms with E-state index in [0.717, 1.165) is 25.9 Å². The Bertz CT molecular complexity index is 353. The number of hydrogen-bond acceptors (Lipinski definition) is 3. The monoisotopic (exact) mass is 282 g/mol. The second-order valence-electron chi connectivity index (χ2n) is 6.03. The number of likely N-dealkylation sites (tertiary alicyclic amines) is 1. The first-order chi connectivity index (χ1) is 9.61. The largest absolute Gasteiger partial charge is 0.481 e. The minimum atomic E-state index is -0.737. The van der Waals surface area contributed by atoms with Crippen molar-refractivity contribution in [3.05, 3.63) is 0 Å².